The molecule has 0 bridgehead atoms. The van der Waals surface area contributed by atoms with Crippen molar-refractivity contribution >= 4 is 46.1 Å². The summed E-state index contributed by atoms with van der Waals surface area (Å²) < 4.78 is 12.3. The molecule has 3 fully saturated rings. The molecule has 5 amide bonds. The first kappa shape index (κ1) is 39.5. The predicted octanol–water partition coefficient (Wildman–Crippen LogP) is 5.00. The molecule has 14 heteroatoms. The van der Waals surface area contributed by atoms with Gasteiger partial charge in [0.05, 0.1) is 34.9 Å². The second-order valence-corrected chi connectivity index (χ2v) is 15.6. The summed E-state index contributed by atoms with van der Waals surface area (Å²) in [5.74, 6) is -0.615. The molecule has 14 nitrogen and oxygen atoms in total. The normalized spacial score (nSPS) is 20.9. The van der Waals surface area contributed by atoms with E-state index < -0.39 is 29.7 Å². The van der Waals surface area contributed by atoms with Crippen LogP contribution in [0.2, 0.25) is 0 Å². The Morgan fingerprint density at radius 3 is 2.41 bits per heavy atom. The summed E-state index contributed by atoms with van der Waals surface area (Å²) in [5.41, 5.74) is 3.23. The third-order valence-corrected chi connectivity index (χ3v) is 11.8. The van der Waals surface area contributed by atoms with Gasteiger partial charge in [-0.1, -0.05) is 0 Å². The number of nitriles is 1. The monoisotopic (exact) mass is 797 g/mol. The topological polar surface area (TPSA) is 174 Å². The molecule has 1 aromatic heterocycles. The highest BCUT2D eigenvalue weighted by molar-refractivity contribution is 6.23. The van der Waals surface area contributed by atoms with E-state index in [2.05, 4.69) is 31.5 Å². The van der Waals surface area contributed by atoms with Crippen LogP contribution in [0.15, 0.2) is 72.9 Å². The number of amides is 5. The number of aromatic nitrogens is 1. The lowest BCUT2D eigenvalue weighted by Gasteiger charge is -2.36. The number of anilines is 1. The van der Waals surface area contributed by atoms with Gasteiger partial charge >= 0.3 is 0 Å². The number of hydrogen-bond acceptors (Lipinski definition) is 11. The number of rotatable bonds is 13. The second kappa shape index (κ2) is 17.7. The van der Waals surface area contributed by atoms with E-state index in [1.807, 2.05) is 36.4 Å². The van der Waals surface area contributed by atoms with Gasteiger partial charge in [-0.2, -0.15) is 5.26 Å². The molecular weight excluding hydrogens is 751 g/mol. The Morgan fingerprint density at radius 1 is 0.864 bits per heavy atom. The van der Waals surface area contributed by atoms with Crippen LogP contribution in [0.3, 0.4) is 0 Å². The van der Waals surface area contributed by atoms with Crippen LogP contribution in [-0.4, -0.2) is 102 Å². The van der Waals surface area contributed by atoms with E-state index in [1.165, 1.54) is 0 Å². The van der Waals surface area contributed by atoms with Gasteiger partial charge in [0.1, 0.15) is 23.6 Å². The van der Waals surface area contributed by atoms with Gasteiger partial charge < -0.3 is 19.7 Å². The van der Waals surface area contributed by atoms with E-state index in [9.17, 15) is 29.2 Å². The van der Waals surface area contributed by atoms with Gasteiger partial charge in [-0.05, 0) is 125 Å². The van der Waals surface area contributed by atoms with Crippen molar-refractivity contribution in [3.05, 3.63) is 95.2 Å². The molecular formula is C45H47N7O7. The number of carbonyl (C=O) groups is 5. The van der Waals surface area contributed by atoms with Crippen molar-refractivity contribution in [3.8, 4) is 17.6 Å². The van der Waals surface area contributed by atoms with Crippen LogP contribution in [0.5, 0.6) is 11.5 Å². The lowest BCUT2D eigenvalue weighted by Crippen LogP contribution is -2.54. The van der Waals surface area contributed by atoms with Crippen LogP contribution < -0.4 is 25.0 Å². The van der Waals surface area contributed by atoms with Gasteiger partial charge in [0.25, 0.3) is 17.7 Å². The molecule has 1 aliphatic carbocycles. The summed E-state index contributed by atoms with van der Waals surface area (Å²) in [6, 6.07) is 21.2. The number of nitrogens with zero attached hydrogens (tertiary/aromatic N) is 5. The number of unbranched alkanes of at least 4 members (excludes halogenated alkanes) is 2. The Labute approximate surface area is 342 Å². The number of piperazine rings is 1. The third-order valence-electron chi connectivity index (χ3n) is 11.8. The van der Waals surface area contributed by atoms with Crippen LogP contribution in [0.25, 0.3) is 10.9 Å². The average molecular weight is 798 g/mol. The summed E-state index contributed by atoms with van der Waals surface area (Å²) >= 11 is 0. The van der Waals surface area contributed by atoms with Gasteiger partial charge in [0.2, 0.25) is 11.8 Å². The van der Waals surface area contributed by atoms with E-state index in [1.54, 1.807) is 36.5 Å². The molecule has 0 spiro atoms. The molecule has 1 unspecified atom stereocenters. The second-order valence-electron chi connectivity index (χ2n) is 15.6. The summed E-state index contributed by atoms with van der Waals surface area (Å²) in [6.07, 6.45) is 8.20. The zero-order valence-electron chi connectivity index (χ0n) is 32.9. The number of fused-ring (bicyclic) bond motifs is 2. The maximum Gasteiger partial charge on any atom is 0.262 e. The van der Waals surface area contributed by atoms with Crippen LogP contribution in [0.4, 0.5) is 5.69 Å². The summed E-state index contributed by atoms with van der Waals surface area (Å²) in [7, 11) is 0. The van der Waals surface area contributed by atoms with Crippen molar-refractivity contribution in [1.29, 1.82) is 5.26 Å². The minimum atomic E-state index is -0.973. The van der Waals surface area contributed by atoms with Crippen molar-refractivity contribution in [2.24, 2.45) is 0 Å². The molecule has 1 saturated carbocycles. The Hall–Kier alpha value is -6.33. The first-order chi connectivity index (χ1) is 28.7. The lowest BCUT2D eigenvalue weighted by molar-refractivity contribution is -0.136. The average Bonchev–Trinajstić information content (AvgIpc) is 3.51. The molecule has 2 N–H and O–H groups in total. The first-order valence-electron chi connectivity index (χ1n) is 20.6. The fraction of sp³-hybridized carbons (Fsp3) is 0.400. The maximum atomic E-state index is 13.3. The molecule has 3 aliphatic heterocycles. The molecule has 1 atom stereocenters. The highest BCUT2D eigenvalue weighted by atomic mass is 16.5. The van der Waals surface area contributed by atoms with E-state index in [0.717, 1.165) is 105 Å². The highest BCUT2D eigenvalue weighted by Crippen LogP contribution is 2.33. The molecule has 304 valence electrons. The molecule has 4 aromatic rings. The Bertz CT molecular complexity index is 2290. The molecule has 4 aliphatic rings. The number of benzene rings is 3. The number of imide groups is 2. The fourth-order valence-electron chi connectivity index (χ4n) is 8.50. The zero-order valence-corrected chi connectivity index (χ0v) is 32.9. The van der Waals surface area contributed by atoms with Crippen molar-refractivity contribution in [2.75, 3.05) is 44.2 Å². The van der Waals surface area contributed by atoms with Gasteiger partial charge in [-0.15, -0.1) is 0 Å². The molecule has 3 aromatic carbocycles. The Balaban J connectivity index is 0.704. The van der Waals surface area contributed by atoms with Gasteiger partial charge in [-0.25, -0.2) is 0 Å². The van der Waals surface area contributed by atoms with E-state index in [-0.39, 0.29) is 36.5 Å². The van der Waals surface area contributed by atoms with E-state index in [0.29, 0.717) is 28.8 Å². The number of piperidine rings is 1. The van der Waals surface area contributed by atoms with Crippen LogP contribution >= 0.6 is 0 Å². The van der Waals surface area contributed by atoms with Gasteiger partial charge in [0.15, 0.2) is 0 Å². The number of pyridine rings is 1. The third kappa shape index (κ3) is 8.75. The van der Waals surface area contributed by atoms with Gasteiger partial charge in [0, 0.05) is 61.5 Å². The van der Waals surface area contributed by atoms with E-state index >= 15 is 0 Å². The van der Waals surface area contributed by atoms with Crippen LogP contribution in [0.1, 0.15) is 94.4 Å². The number of ether oxygens (including phenoxy) is 2. The molecule has 4 heterocycles. The lowest BCUT2D eigenvalue weighted by atomic mass is 9.92. The van der Waals surface area contributed by atoms with Crippen LogP contribution in [-0.2, 0) is 9.59 Å². The van der Waals surface area contributed by atoms with Gasteiger partial charge in [-0.3, -0.25) is 44.1 Å². The van der Waals surface area contributed by atoms with Crippen molar-refractivity contribution < 1.29 is 33.4 Å². The summed E-state index contributed by atoms with van der Waals surface area (Å²) in [5, 5.41) is 15.7. The first-order valence-corrected chi connectivity index (χ1v) is 20.6. The highest BCUT2D eigenvalue weighted by Gasteiger charge is 2.44. The van der Waals surface area contributed by atoms with Crippen molar-refractivity contribution in [3.63, 3.8) is 0 Å². The fourth-order valence-corrected chi connectivity index (χ4v) is 8.50. The van der Waals surface area contributed by atoms with Crippen molar-refractivity contribution in [2.45, 2.75) is 76.0 Å². The number of hydrogen-bond donors (Lipinski definition) is 2. The standard InChI is InChI=1S/C45H47N7O7/c46-28-30-8-18-39(36-5-4-20-47-41(30)36)59-34-14-9-31(10-15-34)48-42(54)29-6-12-33(13-7-29)58-26-3-1-2-21-50-22-24-51(25-23-50)32-11-16-35-37(27-32)45(57)52(44(35)56)38-17-19-40(53)49-43(38)55/h4-8,11-13,16,18,20,27,31,34,38H,1-3,9-10,14-15,17,19,21-26H2,(H,48,54)(H,49,53,55). The summed E-state index contributed by atoms with van der Waals surface area (Å²) in [6.45, 7) is 4.93. The quantitative estimate of drug-likeness (QED) is 0.138. The predicted molar refractivity (Wildman–Crippen MR) is 218 cm³/mol. The Kier molecular flexibility index (Phi) is 11.8. The maximum absolute atomic E-state index is 13.3. The summed E-state index contributed by atoms with van der Waals surface area (Å²) in [4.78, 5) is 73.3. The minimum Gasteiger partial charge on any atom is -0.494 e. The van der Waals surface area contributed by atoms with E-state index in [4.69, 9.17) is 9.47 Å². The molecule has 0 radical (unpaired) electrons. The van der Waals surface area contributed by atoms with Crippen molar-refractivity contribution in [1.82, 2.24) is 25.4 Å². The Morgan fingerprint density at radius 2 is 1.64 bits per heavy atom. The smallest absolute Gasteiger partial charge is 0.262 e. The molecule has 59 heavy (non-hydrogen) atoms. The SMILES string of the molecule is N#Cc1ccc(OC2CCC(NC(=O)c3ccc(OCCCCCN4CCN(c5ccc6c(c5)C(=O)N(C5CCC(=O)NC5=O)C6=O)CC4)cc3)CC2)c2cccnc12. The van der Waals surface area contributed by atoms with Crippen LogP contribution in [0, 0.1) is 11.3 Å². The minimum absolute atomic E-state index is 0.0316. The largest absolute Gasteiger partial charge is 0.494 e. The number of carbonyl (C=O) groups excluding carboxylic acids is 5. The molecule has 2 saturated heterocycles. The molecule has 8 rings (SSSR count). The zero-order chi connectivity index (χ0) is 40.9. The number of nitrogens with one attached hydrogen (secondary N) is 2.